The molecule has 0 aliphatic rings. The van der Waals surface area contributed by atoms with Crippen molar-refractivity contribution in [1.82, 2.24) is 4.90 Å². The van der Waals surface area contributed by atoms with Gasteiger partial charge < -0.3 is 21.1 Å². The zero-order chi connectivity index (χ0) is 18.8. The highest BCUT2D eigenvalue weighted by Gasteiger charge is 2.13. The third-order valence-corrected chi connectivity index (χ3v) is 3.92. The zero-order valence-corrected chi connectivity index (χ0v) is 16.0. The molecule has 4 N–H and O–H groups in total. The fourth-order valence-electron chi connectivity index (χ4n) is 2.51. The molecule has 0 bridgehead atoms. The number of nitrogens with zero attached hydrogens (tertiary/aromatic N) is 1. The van der Waals surface area contributed by atoms with E-state index in [0.29, 0.717) is 30.9 Å². The Labute approximate surface area is 165 Å². The first-order valence-corrected chi connectivity index (χ1v) is 8.64. The van der Waals surface area contributed by atoms with Crippen LogP contribution in [-0.4, -0.2) is 36.4 Å². The van der Waals surface area contributed by atoms with Crippen LogP contribution in [0.2, 0.25) is 0 Å². The normalized spacial score (nSPS) is 9.96. The van der Waals surface area contributed by atoms with Crippen molar-refractivity contribution in [2.75, 3.05) is 19.7 Å². The number of hydrogen-bond acceptors (Lipinski definition) is 4. The average Bonchev–Trinajstić information content (AvgIpc) is 2.66. The van der Waals surface area contributed by atoms with Gasteiger partial charge in [0.2, 0.25) is 11.8 Å². The van der Waals surface area contributed by atoms with Gasteiger partial charge in [0.15, 0.2) is 0 Å². The van der Waals surface area contributed by atoms with Gasteiger partial charge in [0.25, 0.3) is 0 Å². The van der Waals surface area contributed by atoms with Crippen LogP contribution in [-0.2, 0) is 11.3 Å². The van der Waals surface area contributed by atoms with Crippen LogP contribution in [0.15, 0.2) is 54.6 Å². The molecule has 0 spiro atoms. The standard InChI is InChI=1S/C20H25N3O3.ClH/c21-12-4-13-23(15-16-5-2-1-3-6-16)19(24)11-14-26-18-9-7-17(8-10-18)20(22)25;/h1-3,5-10H,4,11-15,21H2,(H2,22,25);1H. The van der Waals surface area contributed by atoms with Crippen molar-refractivity contribution in [1.29, 1.82) is 0 Å². The van der Waals surface area contributed by atoms with Crippen LogP contribution in [0, 0.1) is 0 Å². The largest absolute Gasteiger partial charge is 0.493 e. The Balaban J connectivity index is 0.00000364. The lowest BCUT2D eigenvalue weighted by atomic mass is 10.2. The van der Waals surface area contributed by atoms with Crippen molar-refractivity contribution < 1.29 is 14.3 Å². The predicted molar refractivity (Wildman–Crippen MR) is 108 cm³/mol. The van der Waals surface area contributed by atoms with Crippen LogP contribution < -0.4 is 16.2 Å². The average molecular weight is 392 g/mol. The van der Waals surface area contributed by atoms with Crippen molar-refractivity contribution in [3.8, 4) is 5.75 Å². The van der Waals surface area contributed by atoms with E-state index in [1.165, 1.54) is 0 Å². The first-order chi connectivity index (χ1) is 12.6. The highest BCUT2D eigenvalue weighted by atomic mass is 35.5. The fraction of sp³-hybridized carbons (Fsp3) is 0.300. The second-order valence-corrected chi connectivity index (χ2v) is 5.93. The van der Waals surface area contributed by atoms with Gasteiger partial charge in [-0.2, -0.15) is 0 Å². The minimum Gasteiger partial charge on any atom is -0.493 e. The lowest BCUT2D eigenvalue weighted by molar-refractivity contribution is -0.132. The Kier molecular flexibility index (Phi) is 9.93. The number of halogens is 1. The van der Waals surface area contributed by atoms with E-state index in [-0.39, 0.29) is 31.3 Å². The quantitative estimate of drug-likeness (QED) is 0.649. The predicted octanol–water partition coefficient (Wildman–Crippen LogP) is 2.35. The van der Waals surface area contributed by atoms with Gasteiger partial charge in [0, 0.05) is 18.7 Å². The first-order valence-electron chi connectivity index (χ1n) is 8.64. The molecule has 0 saturated carbocycles. The molecule has 0 radical (unpaired) electrons. The van der Waals surface area contributed by atoms with Crippen LogP contribution in [0.25, 0.3) is 0 Å². The van der Waals surface area contributed by atoms with Crippen LogP contribution in [0.5, 0.6) is 5.75 Å². The topological polar surface area (TPSA) is 98.7 Å². The van der Waals surface area contributed by atoms with Gasteiger partial charge in [0.1, 0.15) is 5.75 Å². The molecule has 0 aliphatic heterocycles. The highest BCUT2D eigenvalue weighted by Crippen LogP contribution is 2.13. The molecule has 2 aromatic carbocycles. The van der Waals surface area contributed by atoms with Crippen LogP contribution in [0.4, 0.5) is 0 Å². The molecule has 7 heteroatoms. The van der Waals surface area contributed by atoms with Gasteiger partial charge in [-0.1, -0.05) is 30.3 Å². The number of ether oxygens (including phenoxy) is 1. The molecule has 0 aromatic heterocycles. The van der Waals surface area contributed by atoms with Crippen LogP contribution in [0.3, 0.4) is 0 Å². The first kappa shape index (κ1) is 22.5. The smallest absolute Gasteiger partial charge is 0.248 e. The Morgan fingerprint density at radius 1 is 1.00 bits per heavy atom. The summed E-state index contributed by atoms with van der Waals surface area (Å²) in [6, 6.07) is 16.4. The number of primary amides is 1. The van der Waals surface area contributed by atoms with Gasteiger partial charge >= 0.3 is 0 Å². The van der Waals surface area contributed by atoms with E-state index < -0.39 is 5.91 Å². The molecule has 0 aliphatic carbocycles. The number of carbonyl (C=O) groups excluding carboxylic acids is 2. The van der Waals surface area contributed by atoms with Gasteiger partial charge in [-0.25, -0.2) is 0 Å². The summed E-state index contributed by atoms with van der Waals surface area (Å²) in [7, 11) is 0. The van der Waals surface area contributed by atoms with Crippen molar-refractivity contribution >= 4 is 24.2 Å². The highest BCUT2D eigenvalue weighted by molar-refractivity contribution is 5.92. The number of carbonyl (C=O) groups is 2. The molecule has 0 heterocycles. The summed E-state index contributed by atoms with van der Waals surface area (Å²) in [6.45, 7) is 1.99. The third kappa shape index (κ3) is 7.68. The maximum atomic E-state index is 12.5. The van der Waals surface area contributed by atoms with E-state index >= 15 is 0 Å². The molecular weight excluding hydrogens is 366 g/mol. The molecule has 6 nitrogen and oxygen atoms in total. The van der Waals surface area contributed by atoms with E-state index in [1.807, 2.05) is 35.2 Å². The summed E-state index contributed by atoms with van der Waals surface area (Å²) in [5, 5.41) is 0. The van der Waals surface area contributed by atoms with E-state index in [2.05, 4.69) is 0 Å². The second-order valence-electron chi connectivity index (χ2n) is 5.93. The molecular formula is C20H26ClN3O3. The summed E-state index contributed by atoms with van der Waals surface area (Å²) in [4.78, 5) is 25.4. The van der Waals surface area contributed by atoms with Crippen molar-refractivity contribution in [2.45, 2.75) is 19.4 Å². The Bertz CT molecular complexity index is 708. The van der Waals surface area contributed by atoms with E-state index in [4.69, 9.17) is 16.2 Å². The SMILES string of the molecule is Cl.NCCCN(Cc1ccccc1)C(=O)CCOc1ccc(C(N)=O)cc1. The van der Waals surface area contributed by atoms with Gasteiger partial charge in [-0.05, 0) is 42.8 Å². The Hall–Kier alpha value is -2.57. The van der Waals surface area contributed by atoms with E-state index in [9.17, 15) is 9.59 Å². The zero-order valence-electron chi connectivity index (χ0n) is 15.2. The second kappa shape index (κ2) is 11.9. The lowest BCUT2D eigenvalue weighted by Crippen LogP contribution is -2.33. The summed E-state index contributed by atoms with van der Waals surface area (Å²) < 4.78 is 5.59. The molecule has 2 amide bonds. The van der Waals surface area contributed by atoms with E-state index in [0.717, 1.165) is 12.0 Å². The molecule has 0 unspecified atom stereocenters. The molecule has 0 fully saturated rings. The monoisotopic (exact) mass is 391 g/mol. The molecule has 146 valence electrons. The van der Waals surface area contributed by atoms with Gasteiger partial charge in [-0.3, -0.25) is 9.59 Å². The minimum atomic E-state index is -0.483. The molecule has 2 aromatic rings. The summed E-state index contributed by atoms with van der Waals surface area (Å²) in [5.74, 6) is 0.138. The van der Waals surface area contributed by atoms with Crippen LogP contribution in [0.1, 0.15) is 28.8 Å². The van der Waals surface area contributed by atoms with Gasteiger partial charge in [-0.15, -0.1) is 12.4 Å². The molecule has 27 heavy (non-hydrogen) atoms. The van der Waals surface area contributed by atoms with Gasteiger partial charge in [0.05, 0.1) is 13.0 Å². The number of benzene rings is 2. The Morgan fingerprint density at radius 2 is 1.67 bits per heavy atom. The number of hydrogen-bond donors (Lipinski definition) is 2. The molecule has 2 rings (SSSR count). The molecule has 0 atom stereocenters. The number of nitrogens with two attached hydrogens (primary N) is 2. The minimum absolute atomic E-state index is 0. The maximum absolute atomic E-state index is 12.5. The third-order valence-electron chi connectivity index (χ3n) is 3.92. The van der Waals surface area contributed by atoms with Crippen molar-refractivity contribution in [2.24, 2.45) is 11.5 Å². The van der Waals surface area contributed by atoms with Crippen molar-refractivity contribution in [3.05, 3.63) is 65.7 Å². The maximum Gasteiger partial charge on any atom is 0.248 e. The number of rotatable bonds is 10. The summed E-state index contributed by atoms with van der Waals surface area (Å²) >= 11 is 0. The lowest BCUT2D eigenvalue weighted by Gasteiger charge is -2.23. The number of amides is 2. The molecule has 0 saturated heterocycles. The van der Waals surface area contributed by atoms with Crippen LogP contribution >= 0.6 is 12.4 Å². The fourth-order valence-corrected chi connectivity index (χ4v) is 2.51. The summed E-state index contributed by atoms with van der Waals surface area (Å²) in [5.41, 5.74) is 12.3. The summed E-state index contributed by atoms with van der Waals surface area (Å²) in [6.07, 6.45) is 1.03. The Morgan fingerprint density at radius 3 is 2.26 bits per heavy atom. The van der Waals surface area contributed by atoms with Crippen molar-refractivity contribution in [3.63, 3.8) is 0 Å². The van der Waals surface area contributed by atoms with E-state index in [1.54, 1.807) is 24.3 Å².